The first-order valence-corrected chi connectivity index (χ1v) is 9.38. The average Bonchev–Trinajstić information content (AvgIpc) is 3.08. The van der Waals surface area contributed by atoms with Gasteiger partial charge in [-0.3, -0.25) is 4.79 Å². The first kappa shape index (κ1) is 22.9. The van der Waals surface area contributed by atoms with Gasteiger partial charge < -0.3 is 20.2 Å². The number of nitrogens with one attached hydrogen (secondary N) is 1. The lowest BCUT2D eigenvalue weighted by molar-refractivity contribution is -0.210. The molecule has 1 aliphatic rings. The normalized spacial score (nSPS) is 17.7. The van der Waals surface area contributed by atoms with E-state index in [1.807, 2.05) is 0 Å². The SMILES string of the molecule is Cc1nc(C2CN(C(=O)c3ccc(F)cc3OCC(O)C(F)(F)F)CC2=N)ncc1Cl. The fraction of sp³-hybridized carbons (Fsp3) is 0.368. The van der Waals surface area contributed by atoms with Gasteiger partial charge in [0.1, 0.15) is 24.0 Å². The lowest BCUT2D eigenvalue weighted by Crippen LogP contribution is -2.35. The van der Waals surface area contributed by atoms with Gasteiger partial charge in [0, 0.05) is 24.5 Å². The predicted molar refractivity (Wildman–Crippen MR) is 102 cm³/mol. The zero-order chi connectivity index (χ0) is 22.9. The highest BCUT2D eigenvalue weighted by molar-refractivity contribution is 6.31. The molecule has 3 rings (SSSR count). The summed E-state index contributed by atoms with van der Waals surface area (Å²) in [7, 11) is 0. The van der Waals surface area contributed by atoms with Gasteiger partial charge in [0.2, 0.25) is 0 Å². The number of carbonyl (C=O) groups is 1. The van der Waals surface area contributed by atoms with Gasteiger partial charge in [0.25, 0.3) is 5.91 Å². The highest BCUT2D eigenvalue weighted by atomic mass is 35.5. The van der Waals surface area contributed by atoms with Crippen molar-refractivity contribution >= 4 is 23.2 Å². The summed E-state index contributed by atoms with van der Waals surface area (Å²) in [6.07, 6.45) is -6.33. The summed E-state index contributed by atoms with van der Waals surface area (Å²) in [6.45, 7) is 0.438. The van der Waals surface area contributed by atoms with Gasteiger partial charge >= 0.3 is 6.18 Å². The number of amides is 1. The molecule has 166 valence electrons. The van der Waals surface area contributed by atoms with Crippen LogP contribution in [-0.2, 0) is 0 Å². The first-order chi connectivity index (χ1) is 14.5. The number of ether oxygens (including phenoxy) is 1. The van der Waals surface area contributed by atoms with Crippen molar-refractivity contribution < 1.29 is 32.2 Å². The van der Waals surface area contributed by atoms with E-state index in [4.69, 9.17) is 26.9 Å². The molecule has 0 aliphatic carbocycles. The molecular weight excluding hydrogens is 444 g/mol. The largest absolute Gasteiger partial charge is 0.490 e. The van der Waals surface area contributed by atoms with Gasteiger partial charge in [-0.15, -0.1) is 0 Å². The number of carbonyl (C=O) groups excluding carboxylic acids is 1. The molecule has 2 N–H and O–H groups in total. The van der Waals surface area contributed by atoms with Gasteiger partial charge in [-0.2, -0.15) is 13.2 Å². The molecule has 0 bridgehead atoms. The number of nitrogens with zero attached hydrogens (tertiary/aromatic N) is 3. The Morgan fingerprint density at radius 2 is 2.16 bits per heavy atom. The Kier molecular flexibility index (Phi) is 6.46. The first-order valence-electron chi connectivity index (χ1n) is 9.00. The molecule has 1 aromatic heterocycles. The molecule has 0 spiro atoms. The van der Waals surface area contributed by atoms with Gasteiger partial charge in [-0.25, -0.2) is 14.4 Å². The number of aliphatic hydroxyl groups is 1. The summed E-state index contributed by atoms with van der Waals surface area (Å²) < 4.78 is 56.1. The number of rotatable bonds is 5. The Balaban J connectivity index is 1.79. The smallest absolute Gasteiger partial charge is 0.417 e. The zero-order valence-corrected chi connectivity index (χ0v) is 16.8. The molecule has 1 saturated heterocycles. The standard InChI is InChI=1S/C19H17ClF4N4O3/c1-9-13(20)5-26-17(27-9)12-6-28(7-14(12)25)18(30)11-3-2-10(21)4-15(11)31-8-16(29)19(22,23)24/h2-5,12,16,25,29H,6-8H2,1H3. The van der Waals surface area contributed by atoms with E-state index in [0.29, 0.717) is 16.5 Å². The van der Waals surface area contributed by atoms with Crippen LogP contribution in [-0.4, -0.2) is 63.6 Å². The summed E-state index contributed by atoms with van der Waals surface area (Å²) in [6, 6.07) is 2.80. The Labute approximate surface area is 179 Å². The van der Waals surface area contributed by atoms with E-state index >= 15 is 0 Å². The maximum absolute atomic E-state index is 13.6. The third-order valence-corrected chi connectivity index (χ3v) is 5.04. The molecule has 1 aromatic carbocycles. The van der Waals surface area contributed by atoms with Crippen molar-refractivity contribution in [2.45, 2.75) is 25.1 Å². The van der Waals surface area contributed by atoms with Crippen LogP contribution in [0, 0.1) is 18.2 Å². The minimum atomic E-state index is -4.93. The monoisotopic (exact) mass is 460 g/mol. The molecule has 12 heteroatoms. The van der Waals surface area contributed by atoms with Crippen molar-refractivity contribution in [2.75, 3.05) is 19.7 Å². The number of hydrogen-bond donors (Lipinski definition) is 2. The number of benzene rings is 1. The lowest BCUT2D eigenvalue weighted by Gasteiger charge is -2.20. The molecule has 7 nitrogen and oxygen atoms in total. The molecule has 2 heterocycles. The van der Waals surface area contributed by atoms with E-state index in [-0.39, 0.29) is 24.4 Å². The molecule has 31 heavy (non-hydrogen) atoms. The summed E-state index contributed by atoms with van der Waals surface area (Å²) in [5.41, 5.74) is 0.478. The van der Waals surface area contributed by atoms with Crippen molar-refractivity contribution in [3.05, 3.63) is 52.3 Å². The summed E-state index contributed by atoms with van der Waals surface area (Å²) in [5, 5.41) is 17.7. The maximum atomic E-state index is 13.6. The Morgan fingerprint density at radius 3 is 2.81 bits per heavy atom. The lowest BCUT2D eigenvalue weighted by atomic mass is 10.1. The molecule has 1 aliphatic heterocycles. The van der Waals surface area contributed by atoms with E-state index in [1.54, 1.807) is 6.92 Å². The van der Waals surface area contributed by atoms with Crippen molar-refractivity contribution in [1.82, 2.24) is 14.9 Å². The van der Waals surface area contributed by atoms with E-state index in [2.05, 4.69) is 9.97 Å². The molecule has 1 fully saturated rings. The predicted octanol–water partition coefficient (Wildman–Crippen LogP) is 3.14. The maximum Gasteiger partial charge on any atom is 0.417 e. The van der Waals surface area contributed by atoms with E-state index in [1.165, 1.54) is 11.1 Å². The van der Waals surface area contributed by atoms with Crippen LogP contribution in [0.4, 0.5) is 17.6 Å². The van der Waals surface area contributed by atoms with E-state index in [0.717, 1.165) is 18.2 Å². The fourth-order valence-corrected chi connectivity index (χ4v) is 3.06. The fourth-order valence-electron chi connectivity index (χ4n) is 2.97. The third kappa shape index (κ3) is 5.10. The van der Waals surface area contributed by atoms with Crippen LogP contribution in [0.2, 0.25) is 5.02 Å². The van der Waals surface area contributed by atoms with Gasteiger partial charge in [0.05, 0.1) is 28.7 Å². The van der Waals surface area contributed by atoms with Crippen LogP contribution in [0.15, 0.2) is 24.4 Å². The Bertz CT molecular complexity index is 1020. The second-order valence-electron chi connectivity index (χ2n) is 6.93. The summed E-state index contributed by atoms with van der Waals surface area (Å²) in [5.74, 6) is -2.22. The number of aromatic nitrogens is 2. The minimum Gasteiger partial charge on any atom is -0.490 e. The van der Waals surface area contributed by atoms with Crippen molar-refractivity contribution in [3.63, 3.8) is 0 Å². The topological polar surface area (TPSA) is 99.4 Å². The van der Waals surface area contributed by atoms with Crippen LogP contribution in [0.3, 0.4) is 0 Å². The second-order valence-corrected chi connectivity index (χ2v) is 7.34. The van der Waals surface area contributed by atoms with Crippen LogP contribution in [0.5, 0.6) is 5.75 Å². The summed E-state index contributed by atoms with van der Waals surface area (Å²) >= 11 is 5.92. The Morgan fingerprint density at radius 1 is 1.45 bits per heavy atom. The number of aryl methyl sites for hydroxylation is 1. The molecule has 2 aromatic rings. The number of alkyl halides is 3. The molecular formula is C19H17ClF4N4O3. The second kappa shape index (κ2) is 8.75. The molecule has 1 amide bonds. The molecule has 0 radical (unpaired) electrons. The van der Waals surface area contributed by atoms with Gasteiger partial charge in [-0.05, 0) is 19.1 Å². The van der Waals surface area contributed by atoms with Crippen molar-refractivity contribution in [1.29, 1.82) is 5.41 Å². The molecule has 2 unspecified atom stereocenters. The van der Waals surface area contributed by atoms with Crippen molar-refractivity contribution in [2.24, 2.45) is 0 Å². The highest BCUT2D eigenvalue weighted by Crippen LogP contribution is 2.29. The number of hydrogen-bond acceptors (Lipinski definition) is 6. The van der Waals surface area contributed by atoms with Crippen LogP contribution in [0.1, 0.15) is 27.8 Å². The van der Waals surface area contributed by atoms with Gasteiger partial charge in [0.15, 0.2) is 6.10 Å². The minimum absolute atomic E-state index is 0.0424. The summed E-state index contributed by atoms with van der Waals surface area (Å²) in [4.78, 5) is 22.6. The molecule has 0 saturated carbocycles. The van der Waals surface area contributed by atoms with Crippen LogP contribution >= 0.6 is 11.6 Å². The van der Waals surface area contributed by atoms with E-state index < -0.39 is 42.3 Å². The third-order valence-electron chi connectivity index (χ3n) is 4.67. The highest BCUT2D eigenvalue weighted by Gasteiger charge is 2.39. The zero-order valence-electron chi connectivity index (χ0n) is 16.1. The molecule has 2 atom stereocenters. The number of aliphatic hydroxyl groups excluding tert-OH is 1. The quantitative estimate of drug-likeness (QED) is 0.668. The van der Waals surface area contributed by atoms with Crippen LogP contribution < -0.4 is 4.74 Å². The average molecular weight is 461 g/mol. The van der Waals surface area contributed by atoms with Crippen LogP contribution in [0.25, 0.3) is 0 Å². The van der Waals surface area contributed by atoms with E-state index in [9.17, 15) is 22.4 Å². The number of halogens is 5. The number of likely N-dealkylation sites (tertiary alicyclic amines) is 1. The van der Waals surface area contributed by atoms with Crippen molar-refractivity contribution in [3.8, 4) is 5.75 Å². The van der Waals surface area contributed by atoms with Gasteiger partial charge in [-0.1, -0.05) is 11.6 Å². The Hall–Kier alpha value is -2.79.